The Labute approximate surface area is 87.4 Å². The van der Waals surface area contributed by atoms with Crippen LogP contribution in [0.4, 0.5) is 0 Å². The molecule has 0 saturated carbocycles. The summed E-state index contributed by atoms with van der Waals surface area (Å²) in [5, 5.41) is 7.39. The van der Waals surface area contributed by atoms with E-state index < -0.39 is 0 Å². The van der Waals surface area contributed by atoms with E-state index in [4.69, 9.17) is 5.41 Å². The lowest BCUT2D eigenvalue weighted by atomic mass is 10.5. The van der Waals surface area contributed by atoms with Crippen LogP contribution in [0.1, 0.15) is 34.6 Å². The zero-order valence-electron chi connectivity index (χ0n) is 9.91. The van der Waals surface area contributed by atoms with Crippen molar-refractivity contribution >= 4 is 6.20 Å². The Morgan fingerprint density at radius 2 is 1.71 bits per heavy atom. The fourth-order valence-electron chi connectivity index (χ4n) is 0.746. The minimum atomic E-state index is 0.501. The van der Waals surface area contributed by atoms with Crippen molar-refractivity contribution in [1.29, 1.82) is 5.41 Å². The third-order valence-electron chi connectivity index (χ3n) is 1.20. The summed E-state index contributed by atoms with van der Waals surface area (Å²) in [6, 6.07) is 5.50. The number of hydrogen-bond donors (Lipinski definition) is 1. The van der Waals surface area contributed by atoms with Gasteiger partial charge >= 0.3 is 0 Å². The summed E-state index contributed by atoms with van der Waals surface area (Å²) in [5.74, 6) is 0. The van der Waals surface area contributed by atoms with Crippen LogP contribution in [0.3, 0.4) is 0 Å². The molecule has 0 unspecified atom stereocenters. The second-order valence-corrected chi connectivity index (χ2v) is 1.98. The summed E-state index contributed by atoms with van der Waals surface area (Å²) in [6.07, 6.45) is 5.60. The first kappa shape index (κ1) is 15.2. The van der Waals surface area contributed by atoms with Gasteiger partial charge in [0.2, 0.25) is 0 Å². The largest absolute Gasteiger partial charge is 0.309 e. The normalized spacial score (nSPS) is 8.36. The molecule has 1 heterocycles. The van der Waals surface area contributed by atoms with Gasteiger partial charge in [-0.05, 0) is 19.1 Å². The number of allylic oxidation sites excluding steroid dienone is 1. The smallest absolute Gasteiger partial charge is 0.128 e. The summed E-state index contributed by atoms with van der Waals surface area (Å²) < 4.78 is 1.75. The molecule has 0 fully saturated rings. The molecule has 2 nitrogen and oxygen atoms in total. The maximum atomic E-state index is 7.39. The molecule has 0 bridgehead atoms. The molecule has 0 saturated heterocycles. The topological polar surface area (TPSA) is 28.8 Å². The second kappa shape index (κ2) is 11.7. The molecular formula is C12H22N2. The van der Waals surface area contributed by atoms with E-state index in [2.05, 4.69) is 0 Å². The van der Waals surface area contributed by atoms with Crippen molar-refractivity contribution in [2.24, 2.45) is 0 Å². The van der Waals surface area contributed by atoms with Gasteiger partial charge < -0.3 is 4.57 Å². The Morgan fingerprint density at radius 1 is 1.14 bits per heavy atom. The molecule has 1 aromatic heterocycles. The van der Waals surface area contributed by atoms with Crippen LogP contribution < -0.4 is 5.49 Å². The van der Waals surface area contributed by atoms with E-state index in [0.29, 0.717) is 5.49 Å². The monoisotopic (exact) mass is 194 g/mol. The van der Waals surface area contributed by atoms with Gasteiger partial charge in [-0.1, -0.05) is 39.8 Å². The van der Waals surface area contributed by atoms with E-state index in [1.807, 2.05) is 65.2 Å². The van der Waals surface area contributed by atoms with Crippen LogP contribution in [0.15, 0.2) is 30.5 Å². The second-order valence-electron chi connectivity index (χ2n) is 1.98. The Morgan fingerprint density at radius 3 is 2.14 bits per heavy atom. The van der Waals surface area contributed by atoms with Crippen molar-refractivity contribution in [2.45, 2.75) is 34.6 Å². The van der Waals surface area contributed by atoms with Gasteiger partial charge in [0.25, 0.3) is 0 Å². The predicted molar refractivity (Wildman–Crippen MR) is 64.0 cm³/mol. The van der Waals surface area contributed by atoms with E-state index >= 15 is 0 Å². The highest BCUT2D eigenvalue weighted by Crippen LogP contribution is 1.81. The molecule has 0 radical (unpaired) electrons. The van der Waals surface area contributed by atoms with Crippen molar-refractivity contribution in [2.75, 3.05) is 0 Å². The van der Waals surface area contributed by atoms with Crippen LogP contribution in [0, 0.1) is 5.41 Å². The average molecular weight is 194 g/mol. The standard InChI is InChI=1S/C8H10N2.2C2H6/c1-2-6-10-7-4-3-5-8(10)9;2*1-2/h2-7,9H,1H3;2*1-2H3/b6-2-,9-8?;;. The lowest BCUT2D eigenvalue weighted by Gasteiger charge is -1.95. The Kier molecular flexibility index (Phi) is 12.7. The highest BCUT2D eigenvalue weighted by molar-refractivity contribution is 5.20. The Hall–Kier alpha value is -1.31. The van der Waals surface area contributed by atoms with Gasteiger partial charge in [-0.25, -0.2) is 0 Å². The fraction of sp³-hybridized carbons (Fsp3) is 0.417. The number of nitrogens with zero attached hydrogens (tertiary/aromatic N) is 1. The summed E-state index contributed by atoms with van der Waals surface area (Å²) in [4.78, 5) is 0. The van der Waals surface area contributed by atoms with Gasteiger partial charge in [-0.2, -0.15) is 0 Å². The summed E-state index contributed by atoms with van der Waals surface area (Å²) >= 11 is 0. The molecule has 14 heavy (non-hydrogen) atoms. The molecule has 0 spiro atoms. The quantitative estimate of drug-likeness (QED) is 0.709. The van der Waals surface area contributed by atoms with Gasteiger partial charge in [0.1, 0.15) is 5.49 Å². The van der Waals surface area contributed by atoms with E-state index in [0.717, 1.165) is 0 Å². The zero-order chi connectivity index (χ0) is 11.4. The van der Waals surface area contributed by atoms with Crippen LogP contribution in [-0.4, -0.2) is 4.57 Å². The third-order valence-corrected chi connectivity index (χ3v) is 1.20. The van der Waals surface area contributed by atoms with Crippen LogP contribution in [-0.2, 0) is 0 Å². The predicted octanol–water partition coefficient (Wildman–Crippen LogP) is 3.51. The molecule has 0 aromatic carbocycles. The minimum absolute atomic E-state index is 0.501. The average Bonchev–Trinajstić information content (AvgIpc) is 2.28. The van der Waals surface area contributed by atoms with Crippen LogP contribution >= 0.6 is 0 Å². The first-order valence-corrected chi connectivity index (χ1v) is 5.19. The van der Waals surface area contributed by atoms with Crippen molar-refractivity contribution in [3.8, 4) is 0 Å². The first-order chi connectivity index (χ1) is 6.84. The maximum Gasteiger partial charge on any atom is 0.128 e. The number of hydrogen-bond acceptors (Lipinski definition) is 1. The highest BCUT2D eigenvalue weighted by Gasteiger charge is 1.79. The summed E-state index contributed by atoms with van der Waals surface area (Å²) in [7, 11) is 0. The highest BCUT2D eigenvalue weighted by atomic mass is 14.9. The molecule has 1 rings (SSSR count). The lowest BCUT2D eigenvalue weighted by Crippen LogP contribution is -2.11. The van der Waals surface area contributed by atoms with Gasteiger partial charge in [-0.15, -0.1) is 0 Å². The summed E-state index contributed by atoms with van der Waals surface area (Å²) in [6.45, 7) is 9.93. The number of nitrogens with one attached hydrogen (secondary N) is 1. The molecule has 1 N–H and O–H groups in total. The molecule has 80 valence electrons. The van der Waals surface area contributed by atoms with Crippen molar-refractivity contribution in [3.05, 3.63) is 36.0 Å². The number of aromatic nitrogens is 1. The van der Waals surface area contributed by atoms with Crippen molar-refractivity contribution in [3.63, 3.8) is 0 Å². The number of pyridine rings is 1. The van der Waals surface area contributed by atoms with E-state index in [9.17, 15) is 0 Å². The molecule has 0 amide bonds. The zero-order valence-corrected chi connectivity index (χ0v) is 9.91. The Balaban J connectivity index is 0. The van der Waals surface area contributed by atoms with E-state index in [-0.39, 0.29) is 0 Å². The maximum absolute atomic E-state index is 7.39. The molecule has 0 atom stereocenters. The third kappa shape index (κ3) is 6.23. The molecular weight excluding hydrogens is 172 g/mol. The molecule has 2 heteroatoms. The van der Waals surface area contributed by atoms with Gasteiger partial charge in [0.05, 0.1) is 0 Å². The van der Waals surface area contributed by atoms with Gasteiger partial charge in [0, 0.05) is 12.4 Å². The van der Waals surface area contributed by atoms with Crippen LogP contribution in [0.5, 0.6) is 0 Å². The fourth-order valence-corrected chi connectivity index (χ4v) is 0.746. The minimum Gasteiger partial charge on any atom is -0.309 e. The van der Waals surface area contributed by atoms with E-state index in [1.165, 1.54) is 0 Å². The SMILES string of the molecule is C/C=C\n1ccccc1=N.CC.CC. The van der Waals surface area contributed by atoms with Crippen LogP contribution in [0.2, 0.25) is 0 Å². The molecule has 0 aliphatic carbocycles. The van der Waals surface area contributed by atoms with E-state index in [1.54, 1.807) is 10.6 Å². The number of rotatable bonds is 1. The van der Waals surface area contributed by atoms with Crippen molar-refractivity contribution in [1.82, 2.24) is 4.57 Å². The lowest BCUT2D eigenvalue weighted by molar-refractivity contribution is 0.974. The van der Waals surface area contributed by atoms with Crippen LogP contribution in [0.25, 0.3) is 6.20 Å². The first-order valence-electron chi connectivity index (χ1n) is 5.19. The molecule has 0 aliphatic heterocycles. The Bertz CT molecular complexity index is 284. The summed E-state index contributed by atoms with van der Waals surface area (Å²) in [5.41, 5.74) is 0.501. The van der Waals surface area contributed by atoms with Gasteiger partial charge in [-0.3, -0.25) is 5.41 Å². The molecule has 0 aliphatic rings. The molecule has 1 aromatic rings. The van der Waals surface area contributed by atoms with Crippen molar-refractivity contribution < 1.29 is 0 Å². The van der Waals surface area contributed by atoms with Gasteiger partial charge in [0.15, 0.2) is 0 Å².